The molecule has 6 heteroatoms. The lowest BCUT2D eigenvalue weighted by atomic mass is 10.0. The minimum atomic E-state index is 0.469. The van der Waals surface area contributed by atoms with Crippen molar-refractivity contribution in [3.8, 4) is 11.3 Å². The number of aromatic nitrogens is 3. The van der Waals surface area contributed by atoms with Gasteiger partial charge in [0, 0.05) is 34.3 Å². The molecule has 28 heavy (non-hydrogen) atoms. The van der Waals surface area contributed by atoms with E-state index in [1.807, 2.05) is 37.3 Å². The Labute approximate surface area is 168 Å². The Morgan fingerprint density at radius 1 is 1.00 bits per heavy atom. The van der Waals surface area contributed by atoms with Crippen LogP contribution in [-0.4, -0.2) is 15.0 Å². The highest BCUT2D eigenvalue weighted by Gasteiger charge is 2.13. The van der Waals surface area contributed by atoms with Crippen LogP contribution in [0, 0.1) is 13.8 Å². The number of anilines is 2. The van der Waals surface area contributed by atoms with E-state index < -0.39 is 0 Å². The van der Waals surface area contributed by atoms with E-state index in [1.54, 1.807) is 6.20 Å². The van der Waals surface area contributed by atoms with Crippen molar-refractivity contribution in [1.29, 1.82) is 0 Å². The standard InChI is InChI=1S/C22H20ClN5/c1-13-6-5-7-15-10-16(12-26-22-25-11-14(2)21(24)28-22)20(27-19(13)15)17-8-3-4-9-18(17)23/h3-11H,12H2,1-2H3,(H3,24,25,26,28). The third-order valence-corrected chi connectivity index (χ3v) is 5.03. The summed E-state index contributed by atoms with van der Waals surface area (Å²) in [5.74, 6) is 0.952. The third-order valence-electron chi connectivity index (χ3n) is 4.70. The summed E-state index contributed by atoms with van der Waals surface area (Å²) in [4.78, 5) is 13.6. The lowest BCUT2D eigenvalue weighted by Gasteiger charge is -2.14. The van der Waals surface area contributed by atoms with E-state index >= 15 is 0 Å². The number of nitrogens with one attached hydrogen (secondary N) is 1. The first-order valence-corrected chi connectivity index (χ1v) is 9.38. The number of hydrogen-bond acceptors (Lipinski definition) is 5. The zero-order valence-electron chi connectivity index (χ0n) is 15.7. The maximum atomic E-state index is 6.48. The van der Waals surface area contributed by atoms with E-state index in [2.05, 4.69) is 40.4 Å². The Bertz CT molecular complexity index is 1170. The zero-order chi connectivity index (χ0) is 19.7. The number of nitrogens with zero attached hydrogens (tertiary/aromatic N) is 3. The maximum Gasteiger partial charge on any atom is 0.224 e. The average Bonchev–Trinajstić information content (AvgIpc) is 2.69. The topological polar surface area (TPSA) is 76.7 Å². The molecule has 0 aliphatic carbocycles. The number of rotatable bonds is 4. The quantitative estimate of drug-likeness (QED) is 0.504. The molecule has 2 heterocycles. The van der Waals surface area contributed by atoms with Crippen LogP contribution in [0.25, 0.3) is 22.2 Å². The fourth-order valence-corrected chi connectivity index (χ4v) is 3.35. The number of pyridine rings is 1. The van der Waals surface area contributed by atoms with Gasteiger partial charge in [-0.2, -0.15) is 4.98 Å². The van der Waals surface area contributed by atoms with Gasteiger partial charge < -0.3 is 11.1 Å². The van der Waals surface area contributed by atoms with Gasteiger partial charge in [-0.1, -0.05) is 48.0 Å². The smallest absolute Gasteiger partial charge is 0.224 e. The van der Waals surface area contributed by atoms with Crippen LogP contribution in [0.1, 0.15) is 16.7 Å². The number of benzene rings is 2. The minimum absolute atomic E-state index is 0.469. The van der Waals surface area contributed by atoms with Gasteiger partial charge >= 0.3 is 0 Å². The van der Waals surface area contributed by atoms with Crippen molar-refractivity contribution in [3.63, 3.8) is 0 Å². The lowest BCUT2D eigenvalue weighted by Crippen LogP contribution is -2.08. The van der Waals surface area contributed by atoms with Crippen LogP contribution >= 0.6 is 11.6 Å². The van der Waals surface area contributed by atoms with E-state index in [9.17, 15) is 0 Å². The molecule has 3 N–H and O–H groups in total. The van der Waals surface area contributed by atoms with Gasteiger partial charge in [-0.15, -0.1) is 0 Å². The van der Waals surface area contributed by atoms with Crippen LogP contribution in [0.5, 0.6) is 0 Å². The molecule has 0 amide bonds. The fraction of sp³-hybridized carbons (Fsp3) is 0.136. The Morgan fingerprint density at radius 3 is 2.61 bits per heavy atom. The molecule has 2 aromatic heterocycles. The molecule has 5 nitrogen and oxygen atoms in total. The van der Waals surface area contributed by atoms with Gasteiger partial charge in [0.05, 0.1) is 11.2 Å². The molecule has 140 valence electrons. The molecule has 2 aromatic carbocycles. The largest absolute Gasteiger partial charge is 0.383 e. The van der Waals surface area contributed by atoms with Crippen molar-refractivity contribution in [2.45, 2.75) is 20.4 Å². The summed E-state index contributed by atoms with van der Waals surface area (Å²) in [6.07, 6.45) is 1.71. The lowest BCUT2D eigenvalue weighted by molar-refractivity contribution is 1.04. The van der Waals surface area contributed by atoms with Gasteiger partial charge in [0.2, 0.25) is 5.95 Å². The number of para-hydroxylation sites is 1. The third kappa shape index (κ3) is 3.49. The Kier molecular flexibility index (Phi) is 4.84. The fourth-order valence-electron chi connectivity index (χ4n) is 3.13. The molecular formula is C22H20ClN5. The number of aryl methyl sites for hydroxylation is 2. The minimum Gasteiger partial charge on any atom is -0.383 e. The van der Waals surface area contributed by atoms with Crippen molar-refractivity contribution in [3.05, 3.63) is 76.4 Å². The molecule has 0 aliphatic rings. The van der Waals surface area contributed by atoms with Gasteiger partial charge in [0.15, 0.2) is 0 Å². The van der Waals surface area contributed by atoms with Crippen molar-refractivity contribution in [2.75, 3.05) is 11.1 Å². The molecular weight excluding hydrogens is 370 g/mol. The van der Waals surface area contributed by atoms with Crippen molar-refractivity contribution in [2.24, 2.45) is 0 Å². The highest BCUT2D eigenvalue weighted by Crippen LogP contribution is 2.32. The predicted octanol–water partition coefficient (Wildman–Crippen LogP) is 5.16. The molecule has 0 fully saturated rings. The molecule has 0 unspecified atom stereocenters. The molecule has 0 saturated carbocycles. The van der Waals surface area contributed by atoms with E-state index in [0.717, 1.165) is 38.9 Å². The first-order valence-electron chi connectivity index (χ1n) is 9.00. The van der Waals surface area contributed by atoms with Crippen molar-refractivity contribution < 1.29 is 0 Å². The number of nitrogens with two attached hydrogens (primary N) is 1. The van der Waals surface area contributed by atoms with E-state index in [4.69, 9.17) is 22.3 Å². The van der Waals surface area contributed by atoms with Crippen LogP contribution in [0.3, 0.4) is 0 Å². The van der Waals surface area contributed by atoms with Crippen LogP contribution in [-0.2, 0) is 6.54 Å². The van der Waals surface area contributed by atoms with E-state index in [-0.39, 0.29) is 0 Å². The van der Waals surface area contributed by atoms with Gasteiger partial charge in [0.1, 0.15) is 5.82 Å². The second-order valence-corrected chi connectivity index (χ2v) is 7.15. The summed E-state index contributed by atoms with van der Waals surface area (Å²) in [6, 6.07) is 16.0. The summed E-state index contributed by atoms with van der Waals surface area (Å²) < 4.78 is 0. The second kappa shape index (κ2) is 7.44. The van der Waals surface area contributed by atoms with Crippen molar-refractivity contribution in [1.82, 2.24) is 15.0 Å². The number of halogens is 1. The number of nitrogen functional groups attached to an aromatic ring is 1. The molecule has 0 radical (unpaired) electrons. The first-order chi connectivity index (χ1) is 13.5. The van der Waals surface area contributed by atoms with E-state index in [1.165, 1.54) is 0 Å². The predicted molar refractivity (Wildman–Crippen MR) is 115 cm³/mol. The van der Waals surface area contributed by atoms with Gasteiger partial charge in [-0.25, -0.2) is 9.97 Å². The molecule has 0 atom stereocenters. The highest BCUT2D eigenvalue weighted by atomic mass is 35.5. The molecule has 0 bridgehead atoms. The molecule has 4 aromatic rings. The summed E-state index contributed by atoms with van der Waals surface area (Å²) in [7, 11) is 0. The average molecular weight is 390 g/mol. The Hall–Kier alpha value is -3.18. The summed E-state index contributed by atoms with van der Waals surface area (Å²) in [6.45, 7) is 4.44. The number of hydrogen-bond donors (Lipinski definition) is 2. The maximum absolute atomic E-state index is 6.48. The van der Waals surface area contributed by atoms with Crippen LogP contribution in [0.15, 0.2) is 54.7 Å². The summed E-state index contributed by atoms with van der Waals surface area (Å²) >= 11 is 6.48. The molecule has 0 saturated heterocycles. The van der Waals surface area contributed by atoms with Gasteiger partial charge in [-0.05, 0) is 37.1 Å². The Balaban J connectivity index is 1.80. The molecule has 4 rings (SSSR count). The SMILES string of the molecule is Cc1cnc(NCc2cc3cccc(C)c3nc2-c2ccccc2Cl)nc1N. The first kappa shape index (κ1) is 18.2. The Morgan fingerprint density at radius 2 is 1.82 bits per heavy atom. The second-order valence-electron chi connectivity index (χ2n) is 6.74. The van der Waals surface area contributed by atoms with Gasteiger partial charge in [-0.3, -0.25) is 0 Å². The zero-order valence-corrected chi connectivity index (χ0v) is 16.5. The number of fused-ring (bicyclic) bond motifs is 1. The van der Waals surface area contributed by atoms with Crippen LogP contribution in [0.4, 0.5) is 11.8 Å². The van der Waals surface area contributed by atoms with Crippen LogP contribution < -0.4 is 11.1 Å². The highest BCUT2D eigenvalue weighted by molar-refractivity contribution is 6.33. The normalized spacial score (nSPS) is 11.0. The van der Waals surface area contributed by atoms with Crippen LogP contribution in [0.2, 0.25) is 5.02 Å². The molecule has 0 spiro atoms. The van der Waals surface area contributed by atoms with Crippen molar-refractivity contribution >= 4 is 34.3 Å². The summed E-state index contributed by atoms with van der Waals surface area (Å²) in [5.41, 5.74) is 11.6. The summed E-state index contributed by atoms with van der Waals surface area (Å²) in [5, 5.41) is 5.00. The monoisotopic (exact) mass is 389 g/mol. The van der Waals surface area contributed by atoms with Gasteiger partial charge in [0.25, 0.3) is 0 Å². The molecule has 0 aliphatic heterocycles. The van der Waals surface area contributed by atoms with E-state index in [0.29, 0.717) is 23.3 Å².